The van der Waals surface area contributed by atoms with Gasteiger partial charge in [-0.2, -0.15) is 0 Å². The molecular weight excluding hydrogens is 122 g/mol. The van der Waals surface area contributed by atoms with Gasteiger partial charge in [0.15, 0.2) is 0 Å². The van der Waals surface area contributed by atoms with Gasteiger partial charge in [-0.25, -0.2) is 4.99 Å². The van der Waals surface area contributed by atoms with Crippen LogP contribution in [0.25, 0.3) is 0 Å². The summed E-state index contributed by atoms with van der Waals surface area (Å²) in [4.78, 5) is 3.88. The topological polar surface area (TPSA) is 12.4 Å². The van der Waals surface area contributed by atoms with Crippen LogP contribution in [0.1, 0.15) is 20.3 Å². The van der Waals surface area contributed by atoms with Gasteiger partial charge >= 0.3 is 0 Å². The molecule has 0 rings (SSSR count). The number of aliphatic imine (C=N–C) groups is 1. The zero-order valence-electron chi connectivity index (χ0n) is 5.24. The maximum absolute atomic E-state index is 5.44. The molecule has 46 valence electrons. The Kier molecular flexibility index (Phi) is 3.53. The molecule has 8 heavy (non-hydrogen) atoms. The van der Waals surface area contributed by atoms with Gasteiger partial charge in [-0.3, -0.25) is 0 Å². The predicted molar refractivity (Wildman–Crippen MR) is 38.4 cm³/mol. The summed E-state index contributed by atoms with van der Waals surface area (Å²) in [5, 5.41) is 0.553. The fourth-order valence-electron chi connectivity index (χ4n) is 0.297. The van der Waals surface area contributed by atoms with Crippen molar-refractivity contribution in [2.24, 2.45) is 4.99 Å². The van der Waals surface area contributed by atoms with Gasteiger partial charge in [0.1, 0.15) is 5.17 Å². The molecule has 0 aromatic heterocycles. The minimum atomic E-state index is 0.553. The van der Waals surface area contributed by atoms with Crippen molar-refractivity contribution in [3.8, 4) is 0 Å². The highest BCUT2D eigenvalue weighted by Crippen LogP contribution is 1.99. The second kappa shape index (κ2) is 3.67. The maximum atomic E-state index is 5.44. The summed E-state index contributed by atoms with van der Waals surface area (Å²) in [6, 6.07) is 0. The van der Waals surface area contributed by atoms with Crippen LogP contribution in [0.4, 0.5) is 0 Å². The van der Waals surface area contributed by atoms with E-state index in [1.54, 1.807) is 6.92 Å². The zero-order chi connectivity index (χ0) is 6.57. The third-order valence-corrected chi connectivity index (χ3v) is 0.805. The molecule has 0 radical (unpaired) electrons. The van der Waals surface area contributed by atoms with E-state index in [0.717, 1.165) is 12.1 Å². The van der Waals surface area contributed by atoms with E-state index in [1.807, 2.05) is 6.92 Å². The van der Waals surface area contributed by atoms with Gasteiger partial charge in [0, 0.05) is 5.70 Å². The zero-order valence-corrected chi connectivity index (χ0v) is 6.00. The van der Waals surface area contributed by atoms with Gasteiger partial charge in [0.25, 0.3) is 0 Å². The molecule has 0 aliphatic heterocycles. The third kappa shape index (κ3) is 3.88. The van der Waals surface area contributed by atoms with Gasteiger partial charge in [0.2, 0.25) is 0 Å². The molecule has 0 saturated heterocycles. The SMILES string of the molecule is C=C(CC)/N=C(\C)Cl. The van der Waals surface area contributed by atoms with Crippen molar-refractivity contribution in [2.75, 3.05) is 0 Å². The normalized spacial score (nSPS) is 11.6. The Balaban J connectivity index is 3.70. The molecule has 0 N–H and O–H groups in total. The van der Waals surface area contributed by atoms with Crippen LogP contribution in [0.5, 0.6) is 0 Å². The molecule has 0 aromatic rings. The summed E-state index contributed by atoms with van der Waals surface area (Å²) in [6.45, 7) is 7.37. The first kappa shape index (κ1) is 7.70. The Labute approximate surface area is 55.1 Å². The van der Waals surface area contributed by atoms with Crippen LogP contribution >= 0.6 is 11.6 Å². The summed E-state index contributed by atoms with van der Waals surface area (Å²) in [5.74, 6) is 0. The fourth-order valence-corrected chi connectivity index (χ4v) is 0.416. The molecule has 0 aliphatic carbocycles. The van der Waals surface area contributed by atoms with Crippen LogP contribution in [0.3, 0.4) is 0 Å². The fraction of sp³-hybridized carbons (Fsp3) is 0.500. The van der Waals surface area contributed by atoms with Gasteiger partial charge < -0.3 is 0 Å². The quantitative estimate of drug-likeness (QED) is 0.511. The van der Waals surface area contributed by atoms with Crippen LogP contribution in [0.2, 0.25) is 0 Å². The number of allylic oxidation sites excluding steroid dienone is 1. The number of nitrogens with zero attached hydrogens (tertiary/aromatic N) is 1. The highest BCUT2D eigenvalue weighted by molar-refractivity contribution is 6.64. The lowest BCUT2D eigenvalue weighted by Crippen LogP contribution is -1.77. The minimum absolute atomic E-state index is 0.553. The van der Waals surface area contributed by atoms with E-state index in [0.29, 0.717) is 5.17 Å². The molecule has 1 nitrogen and oxygen atoms in total. The van der Waals surface area contributed by atoms with Crippen molar-refractivity contribution in [1.29, 1.82) is 0 Å². The Morgan fingerprint density at radius 1 is 1.75 bits per heavy atom. The molecule has 0 heterocycles. The number of hydrogen-bond donors (Lipinski definition) is 0. The average Bonchev–Trinajstić information content (AvgIpc) is 1.65. The van der Waals surface area contributed by atoms with Crippen LogP contribution < -0.4 is 0 Å². The Hall–Kier alpha value is -0.300. The monoisotopic (exact) mass is 131 g/mol. The minimum Gasteiger partial charge on any atom is -0.247 e. The van der Waals surface area contributed by atoms with E-state index in [4.69, 9.17) is 11.6 Å². The lowest BCUT2D eigenvalue weighted by molar-refractivity contribution is 1.08. The summed E-state index contributed by atoms with van der Waals surface area (Å²) >= 11 is 5.44. The molecule has 0 spiro atoms. The van der Waals surface area contributed by atoms with Crippen LogP contribution in [0, 0.1) is 0 Å². The lowest BCUT2D eigenvalue weighted by atomic mass is 10.4. The second-order valence-corrected chi connectivity index (χ2v) is 2.08. The number of hydrogen-bond acceptors (Lipinski definition) is 1. The third-order valence-electron chi connectivity index (χ3n) is 0.720. The number of rotatable bonds is 2. The second-order valence-electron chi connectivity index (χ2n) is 1.53. The Bertz CT molecular complexity index is 112. The van der Waals surface area contributed by atoms with E-state index in [9.17, 15) is 0 Å². The largest absolute Gasteiger partial charge is 0.247 e. The molecular formula is C6H10ClN. The Morgan fingerprint density at radius 2 is 2.25 bits per heavy atom. The van der Waals surface area contributed by atoms with Gasteiger partial charge in [-0.15, -0.1) is 0 Å². The molecule has 0 fully saturated rings. The van der Waals surface area contributed by atoms with Crippen molar-refractivity contribution in [1.82, 2.24) is 0 Å². The van der Waals surface area contributed by atoms with Crippen molar-refractivity contribution in [3.05, 3.63) is 12.3 Å². The summed E-state index contributed by atoms with van der Waals surface area (Å²) in [7, 11) is 0. The van der Waals surface area contributed by atoms with Crippen molar-refractivity contribution < 1.29 is 0 Å². The molecule has 0 unspecified atom stereocenters. The molecule has 0 amide bonds. The first-order valence-electron chi connectivity index (χ1n) is 2.55. The van der Waals surface area contributed by atoms with Crippen molar-refractivity contribution in [3.63, 3.8) is 0 Å². The average molecular weight is 132 g/mol. The summed E-state index contributed by atoms with van der Waals surface area (Å²) in [6.07, 6.45) is 0.865. The van der Waals surface area contributed by atoms with Crippen LogP contribution in [0.15, 0.2) is 17.3 Å². The van der Waals surface area contributed by atoms with E-state index in [1.165, 1.54) is 0 Å². The van der Waals surface area contributed by atoms with E-state index in [2.05, 4.69) is 11.6 Å². The maximum Gasteiger partial charge on any atom is 0.103 e. The molecule has 0 atom stereocenters. The number of halogens is 1. The van der Waals surface area contributed by atoms with Crippen LogP contribution in [-0.4, -0.2) is 5.17 Å². The smallest absolute Gasteiger partial charge is 0.103 e. The summed E-state index contributed by atoms with van der Waals surface area (Å²) in [5.41, 5.74) is 0.831. The molecule has 0 bridgehead atoms. The highest BCUT2D eigenvalue weighted by Gasteiger charge is 1.83. The molecule has 0 saturated carbocycles. The lowest BCUT2D eigenvalue weighted by Gasteiger charge is -1.89. The van der Waals surface area contributed by atoms with Gasteiger partial charge in [-0.1, -0.05) is 25.1 Å². The first-order chi connectivity index (χ1) is 3.66. The molecule has 2 heteroatoms. The highest BCUT2D eigenvalue weighted by atomic mass is 35.5. The molecule has 0 aromatic carbocycles. The molecule has 0 aliphatic rings. The predicted octanol–water partition coefficient (Wildman–Crippen LogP) is 2.57. The first-order valence-corrected chi connectivity index (χ1v) is 2.93. The van der Waals surface area contributed by atoms with E-state index in [-0.39, 0.29) is 0 Å². The van der Waals surface area contributed by atoms with Crippen molar-refractivity contribution >= 4 is 16.8 Å². The van der Waals surface area contributed by atoms with Gasteiger partial charge in [-0.05, 0) is 13.3 Å². The van der Waals surface area contributed by atoms with Crippen LogP contribution in [-0.2, 0) is 0 Å². The summed E-state index contributed by atoms with van der Waals surface area (Å²) < 4.78 is 0. The Morgan fingerprint density at radius 3 is 2.38 bits per heavy atom. The van der Waals surface area contributed by atoms with Crippen molar-refractivity contribution in [2.45, 2.75) is 20.3 Å². The van der Waals surface area contributed by atoms with E-state index < -0.39 is 0 Å². The standard InChI is InChI=1S/C6H10ClN/c1-4-5(2)8-6(3)7/h2,4H2,1,3H3/b8-6+. The van der Waals surface area contributed by atoms with Gasteiger partial charge in [0.05, 0.1) is 0 Å². The van der Waals surface area contributed by atoms with E-state index >= 15 is 0 Å².